The van der Waals surface area contributed by atoms with E-state index >= 15 is 0 Å². The van der Waals surface area contributed by atoms with E-state index < -0.39 is 0 Å². The zero-order chi connectivity index (χ0) is 22.9. The average molecular weight is 540 g/mol. The lowest BCUT2D eigenvalue weighted by Crippen LogP contribution is -2.24. The summed E-state index contributed by atoms with van der Waals surface area (Å²) in [4.78, 5) is 13.6. The van der Waals surface area contributed by atoms with E-state index in [4.69, 9.17) is 0 Å². The Bertz CT molecular complexity index is 834. The summed E-state index contributed by atoms with van der Waals surface area (Å²) in [6.07, 6.45) is 0. The van der Waals surface area contributed by atoms with Gasteiger partial charge in [-0.15, -0.1) is 0 Å². The molecule has 2 N–H and O–H groups in total. The van der Waals surface area contributed by atoms with Crippen molar-refractivity contribution in [3.8, 4) is 11.5 Å². The maximum Gasteiger partial charge on any atom is 0.149 e. The smallest absolute Gasteiger partial charge is 0.149 e. The van der Waals surface area contributed by atoms with Gasteiger partial charge in [0.05, 0.1) is 11.8 Å². The lowest BCUT2D eigenvalue weighted by Gasteiger charge is -2.26. The number of hydrogen-bond acceptors (Lipinski definition) is 3. The largest absolute Gasteiger partial charge is 0.508 e. The number of phenolic OH excluding ortho intramolecular Hbond substituents is 2. The number of Topliss-reactive ketones (excluding diaryl/α,β-unsaturated/α-hetero) is 1. The summed E-state index contributed by atoms with van der Waals surface area (Å²) >= 11 is 7.07. The molecule has 0 aliphatic rings. The molecular formula is C25H32Br2O3. The molecule has 0 amide bonds. The van der Waals surface area contributed by atoms with Gasteiger partial charge in [0.1, 0.15) is 17.3 Å². The van der Waals surface area contributed by atoms with E-state index in [2.05, 4.69) is 31.9 Å². The Morgan fingerprint density at radius 1 is 0.767 bits per heavy atom. The zero-order valence-corrected chi connectivity index (χ0v) is 21.8. The van der Waals surface area contributed by atoms with Crippen LogP contribution in [0, 0.1) is 0 Å². The fraction of sp³-hybridized carbons (Fsp3) is 0.480. The Hall–Kier alpha value is -1.33. The standard InChI is InChI=1S/C25H32Br2O3/c1-24(2,3)19-11-15(7-9-21(19)28)17(13-26)23(30)18(14-27)16-8-10-22(29)20(12-16)25(4,5)6/h7-12,17-18,28-29H,13-14H2,1-6H3. The van der Waals surface area contributed by atoms with Crippen LogP contribution in [0.1, 0.15) is 75.6 Å². The highest BCUT2D eigenvalue weighted by Crippen LogP contribution is 2.38. The van der Waals surface area contributed by atoms with E-state index in [1.165, 1.54) is 0 Å². The minimum atomic E-state index is -0.346. The number of alkyl halides is 2. The molecule has 0 bridgehead atoms. The van der Waals surface area contributed by atoms with Gasteiger partial charge in [0.25, 0.3) is 0 Å². The molecule has 0 radical (unpaired) electrons. The second-order valence-corrected chi connectivity index (χ2v) is 11.2. The summed E-state index contributed by atoms with van der Waals surface area (Å²) in [7, 11) is 0. The number of phenols is 2. The highest BCUT2D eigenvalue weighted by molar-refractivity contribution is 9.09. The predicted octanol–water partition coefficient (Wildman–Crippen LogP) is 6.92. The Kier molecular flexibility index (Phi) is 7.84. The number of halogens is 2. The molecule has 2 rings (SSSR count). The first kappa shape index (κ1) is 24.9. The van der Waals surface area contributed by atoms with Crippen LogP contribution in [0.5, 0.6) is 11.5 Å². The number of carbonyl (C=O) groups is 1. The normalized spacial score (nSPS) is 14.4. The lowest BCUT2D eigenvalue weighted by molar-refractivity contribution is -0.121. The third-order valence-electron chi connectivity index (χ3n) is 5.46. The quantitative estimate of drug-likeness (QED) is 0.392. The van der Waals surface area contributed by atoms with Crippen LogP contribution < -0.4 is 0 Å². The van der Waals surface area contributed by atoms with Crippen LogP contribution in [0.4, 0.5) is 0 Å². The van der Waals surface area contributed by atoms with Crippen molar-refractivity contribution in [3.63, 3.8) is 0 Å². The van der Waals surface area contributed by atoms with Crippen molar-refractivity contribution >= 4 is 37.6 Å². The highest BCUT2D eigenvalue weighted by atomic mass is 79.9. The van der Waals surface area contributed by atoms with Crippen molar-refractivity contribution < 1.29 is 15.0 Å². The molecule has 0 heterocycles. The Balaban J connectivity index is 2.48. The van der Waals surface area contributed by atoms with Gasteiger partial charge in [-0.05, 0) is 45.2 Å². The Morgan fingerprint density at radius 2 is 1.10 bits per heavy atom. The van der Waals surface area contributed by atoms with Crippen molar-refractivity contribution in [2.75, 3.05) is 10.7 Å². The lowest BCUT2D eigenvalue weighted by atomic mass is 9.79. The van der Waals surface area contributed by atoms with Gasteiger partial charge in [-0.3, -0.25) is 4.79 Å². The third-order valence-corrected chi connectivity index (χ3v) is 6.75. The van der Waals surface area contributed by atoms with E-state index in [-0.39, 0.29) is 39.9 Å². The summed E-state index contributed by atoms with van der Waals surface area (Å²) in [5, 5.41) is 21.6. The van der Waals surface area contributed by atoms with Crippen molar-refractivity contribution in [2.45, 2.75) is 64.2 Å². The number of hydrogen-bond donors (Lipinski definition) is 2. The molecule has 0 aliphatic carbocycles. The second-order valence-electron chi connectivity index (χ2n) is 9.87. The first-order valence-corrected chi connectivity index (χ1v) is 12.4. The molecule has 5 heteroatoms. The highest BCUT2D eigenvalue weighted by Gasteiger charge is 2.31. The maximum atomic E-state index is 13.6. The van der Waals surface area contributed by atoms with Crippen LogP contribution in [-0.2, 0) is 15.6 Å². The number of rotatable bonds is 6. The average Bonchev–Trinajstić information content (AvgIpc) is 2.63. The van der Waals surface area contributed by atoms with Gasteiger partial charge >= 0.3 is 0 Å². The first-order valence-electron chi connectivity index (χ1n) is 10.1. The summed E-state index contributed by atoms with van der Waals surface area (Å²) in [5.74, 6) is -0.100. The third kappa shape index (κ3) is 5.47. The van der Waals surface area contributed by atoms with E-state index in [1.54, 1.807) is 12.1 Å². The van der Waals surface area contributed by atoms with Crippen LogP contribution in [0.15, 0.2) is 36.4 Å². The number of benzene rings is 2. The Labute approximate surface area is 197 Å². The molecule has 30 heavy (non-hydrogen) atoms. The first-order chi connectivity index (χ1) is 13.8. The predicted molar refractivity (Wildman–Crippen MR) is 132 cm³/mol. The van der Waals surface area contributed by atoms with Crippen LogP contribution in [0.2, 0.25) is 0 Å². The van der Waals surface area contributed by atoms with Gasteiger partial charge in [0, 0.05) is 10.7 Å². The molecule has 0 spiro atoms. The Morgan fingerprint density at radius 3 is 1.37 bits per heavy atom. The molecule has 0 saturated heterocycles. The van der Waals surface area contributed by atoms with Crippen molar-refractivity contribution in [1.82, 2.24) is 0 Å². The van der Waals surface area contributed by atoms with E-state index in [0.29, 0.717) is 10.7 Å². The second kappa shape index (κ2) is 9.44. The summed E-state index contributed by atoms with van der Waals surface area (Å²) in [5.41, 5.74) is 2.98. The van der Waals surface area contributed by atoms with Crippen LogP contribution in [0.25, 0.3) is 0 Å². The molecule has 0 aliphatic heterocycles. The summed E-state index contributed by atoms with van der Waals surface area (Å²) in [6, 6.07) is 10.9. The van der Waals surface area contributed by atoms with Crippen LogP contribution >= 0.6 is 31.9 Å². The maximum absolute atomic E-state index is 13.6. The number of carbonyl (C=O) groups excluding carboxylic acids is 1. The van der Waals surface area contributed by atoms with Gasteiger partial charge in [-0.25, -0.2) is 0 Å². The van der Waals surface area contributed by atoms with Crippen molar-refractivity contribution in [3.05, 3.63) is 58.7 Å². The van der Waals surface area contributed by atoms with Gasteiger partial charge in [0.15, 0.2) is 0 Å². The number of aromatic hydroxyl groups is 2. The number of ketones is 1. The minimum absolute atomic E-state index is 0.0971. The van der Waals surface area contributed by atoms with Gasteiger partial charge in [-0.1, -0.05) is 97.7 Å². The van der Waals surface area contributed by atoms with E-state index in [1.807, 2.05) is 65.8 Å². The molecule has 2 aromatic carbocycles. The van der Waals surface area contributed by atoms with Gasteiger partial charge < -0.3 is 10.2 Å². The molecule has 2 atom stereocenters. The molecule has 0 aromatic heterocycles. The fourth-order valence-electron chi connectivity index (χ4n) is 3.64. The summed E-state index contributed by atoms with van der Waals surface area (Å²) < 4.78 is 0. The molecular weight excluding hydrogens is 508 g/mol. The van der Waals surface area contributed by atoms with E-state index in [0.717, 1.165) is 22.3 Å². The van der Waals surface area contributed by atoms with Crippen molar-refractivity contribution in [2.24, 2.45) is 0 Å². The molecule has 0 saturated carbocycles. The van der Waals surface area contributed by atoms with Gasteiger partial charge in [-0.2, -0.15) is 0 Å². The molecule has 0 fully saturated rings. The minimum Gasteiger partial charge on any atom is -0.508 e. The SMILES string of the molecule is CC(C)(C)c1cc(C(CBr)C(=O)C(CBr)c2ccc(O)c(C(C)(C)C)c2)ccc1O. The molecule has 2 unspecified atom stereocenters. The van der Waals surface area contributed by atoms with Gasteiger partial charge in [0.2, 0.25) is 0 Å². The van der Waals surface area contributed by atoms with Crippen molar-refractivity contribution in [1.29, 1.82) is 0 Å². The molecule has 164 valence electrons. The van der Waals surface area contributed by atoms with Crippen LogP contribution in [0.3, 0.4) is 0 Å². The zero-order valence-electron chi connectivity index (χ0n) is 18.6. The fourth-order valence-corrected chi connectivity index (χ4v) is 5.03. The summed E-state index contributed by atoms with van der Waals surface area (Å²) in [6.45, 7) is 12.3. The molecule has 2 aromatic rings. The topological polar surface area (TPSA) is 57.5 Å². The molecule has 3 nitrogen and oxygen atoms in total. The monoisotopic (exact) mass is 538 g/mol. The van der Waals surface area contributed by atoms with E-state index in [9.17, 15) is 15.0 Å². The van der Waals surface area contributed by atoms with Crippen LogP contribution in [-0.4, -0.2) is 26.7 Å².